The molecule has 0 radical (unpaired) electrons. The van der Waals surface area contributed by atoms with Crippen LogP contribution in [0.1, 0.15) is 23.5 Å². The molecule has 1 saturated heterocycles. The normalized spacial score (nSPS) is 15.4. The van der Waals surface area contributed by atoms with E-state index in [9.17, 15) is 9.59 Å². The number of nitrogens with zero attached hydrogens (tertiary/aromatic N) is 2. The molecule has 3 rings (SSSR count). The SMILES string of the molecule is CN1CCN(c2ccc(NC(=O)C(C)(C)NC(=O)c3ccc(Cl)s3)cc2)CC1. The molecule has 28 heavy (non-hydrogen) atoms. The van der Waals surface area contributed by atoms with Gasteiger partial charge >= 0.3 is 0 Å². The maximum absolute atomic E-state index is 12.7. The lowest BCUT2D eigenvalue weighted by molar-refractivity contribution is -0.120. The lowest BCUT2D eigenvalue weighted by atomic mass is 10.0. The average Bonchev–Trinajstić information content (AvgIpc) is 3.09. The van der Waals surface area contributed by atoms with Crippen LogP contribution < -0.4 is 15.5 Å². The van der Waals surface area contributed by atoms with Crippen molar-refractivity contribution in [2.75, 3.05) is 43.4 Å². The maximum atomic E-state index is 12.7. The van der Waals surface area contributed by atoms with Gasteiger partial charge in [-0.05, 0) is 57.3 Å². The Labute approximate surface area is 174 Å². The van der Waals surface area contributed by atoms with Gasteiger partial charge in [-0.2, -0.15) is 0 Å². The molecule has 1 aliphatic heterocycles. The topological polar surface area (TPSA) is 64.7 Å². The predicted octanol–water partition coefficient (Wildman–Crippen LogP) is 3.30. The number of carbonyl (C=O) groups excluding carboxylic acids is 2. The zero-order chi connectivity index (χ0) is 20.3. The van der Waals surface area contributed by atoms with E-state index >= 15 is 0 Å². The second-order valence-electron chi connectivity index (χ2n) is 7.47. The van der Waals surface area contributed by atoms with Crippen molar-refractivity contribution in [2.45, 2.75) is 19.4 Å². The minimum Gasteiger partial charge on any atom is -0.369 e. The molecule has 2 amide bonds. The smallest absolute Gasteiger partial charge is 0.262 e. The third-order valence-electron chi connectivity index (χ3n) is 4.78. The van der Waals surface area contributed by atoms with Gasteiger partial charge < -0.3 is 20.4 Å². The van der Waals surface area contributed by atoms with Gasteiger partial charge in [-0.25, -0.2) is 0 Å². The van der Waals surface area contributed by atoms with Gasteiger partial charge in [0.05, 0.1) is 9.21 Å². The van der Waals surface area contributed by atoms with E-state index in [4.69, 9.17) is 11.6 Å². The van der Waals surface area contributed by atoms with Gasteiger partial charge in [-0.15, -0.1) is 11.3 Å². The Kier molecular flexibility index (Phi) is 6.27. The second kappa shape index (κ2) is 8.51. The van der Waals surface area contributed by atoms with E-state index < -0.39 is 5.54 Å². The van der Waals surface area contributed by atoms with Gasteiger partial charge in [-0.3, -0.25) is 9.59 Å². The zero-order valence-electron chi connectivity index (χ0n) is 16.3. The van der Waals surface area contributed by atoms with Crippen LogP contribution in [0.3, 0.4) is 0 Å². The number of hydrogen-bond donors (Lipinski definition) is 2. The summed E-state index contributed by atoms with van der Waals surface area (Å²) in [6.45, 7) is 7.42. The number of nitrogens with one attached hydrogen (secondary N) is 2. The monoisotopic (exact) mass is 420 g/mol. The first-order valence-corrected chi connectivity index (χ1v) is 10.4. The molecular formula is C20H25ClN4O2S. The fourth-order valence-electron chi connectivity index (χ4n) is 2.95. The Bertz CT molecular complexity index is 842. The molecule has 0 bridgehead atoms. The lowest BCUT2D eigenvalue weighted by Gasteiger charge is -2.34. The highest BCUT2D eigenvalue weighted by Crippen LogP contribution is 2.23. The van der Waals surface area contributed by atoms with E-state index in [1.165, 1.54) is 11.3 Å². The molecular weight excluding hydrogens is 396 g/mol. The summed E-state index contributed by atoms with van der Waals surface area (Å²) in [4.78, 5) is 30.1. The number of thiophene rings is 1. The summed E-state index contributed by atoms with van der Waals surface area (Å²) in [6.07, 6.45) is 0. The van der Waals surface area contributed by atoms with E-state index in [-0.39, 0.29) is 11.8 Å². The Morgan fingerprint density at radius 3 is 2.25 bits per heavy atom. The van der Waals surface area contributed by atoms with Crippen LogP contribution in [0.2, 0.25) is 4.34 Å². The first-order chi connectivity index (χ1) is 13.2. The summed E-state index contributed by atoms with van der Waals surface area (Å²) in [5.74, 6) is -0.599. The molecule has 6 nitrogen and oxygen atoms in total. The highest BCUT2D eigenvalue weighted by molar-refractivity contribution is 7.18. The summed E-state index contributed by atoms with van der Waals surface area (Å²) in [7, 11) is 2.13. The van der Waals surface area contributed by atoms with Gasteiger partial charge in [0.15, 0.2) is 0 Å². The largest absolute Gasteiger partial charge is 0.369 e. The number of amides is 2. The molecule has 8 heteroatoms. The summed E-state index contributed by atoms with van der Waals surface area (Å²) in [5, 5.41) is 5.64. The van der Waals surface area contributed by atoms with Crippen molar-refractivity contribution in [2.24, 2.45) is 0 Å². The molecule has 0 spiro atoms. The van der Waals surface area contributed by atoms with Crippen molar-refractivity contribution < 1.29 is 9.59 Å². The fourth-order valence-corrected chi connectivity index (χ4v) is 3.88. The van der Waals surface area contributed by atoms with Crippen LogP contribution in [-0.2, 0) is 4.79 Å². The molecule has 0 saturated carbocycles. The van der Waals surface area contributed by atoms with E-state index in [1.807, 2.05) is 24.3 Å². The van der Waals surface area contributed by atoms with Crippen molar-refractivity contribution in [3.8, 4) is 0 Å². The Morgan fingerprint density at radius 1 is 1.04 bits per heavy atom. The first kappa shape index (κ1) is 20.6. The summed E-state index contributed by atoms with van der Waals surface area (Å²) in [6, 6.07) is 11.1. The van der Waals surface area contributed by atoms with Crippen LogP contribution in [-0.4, -0.2) is 55.5 Å². The highest BCUT2D eigenvalue weighted by atomic mass is 35.5. The van der Waals surface area contributed by atoms with Crippen LogP contribution >= 0.6 is 22.9 Å². The van der Waals surface area contributed by atoms with Crippen LogP contribution in [0.4, 0.5) is 11.4 Å². The number of carbonyl (C=O) groups is 2. The molecule has 1 fully saturated rings. The number of likely N-dealkylation sites (N-methyl/N-ethyl adjacent to an activating group) is 1. The second-order valence-corrected chi connectivity index (χ2v) is 9.19. The van der Waals surface area contributed by atoms with Gasteiger partial charge in [0.25, 0.3) is 5.91 Å². The number of rotatable bonds is 5. The number of anilines is 2. The molecule has 1 aromatic carbocycles. The third-order valence-corrected chi connectivity index (χ3v) is 6.01. The number of halogens is 1. The standard InChI is InChI=1S/C20H25ClN4O2S/c1-20(2,23-18(26)16-8-9-17(21)28-16)19(27)22-14-4-6-15(7-5-14)25-12-10-24(3)11-13-25/h4-9H,10-13H2,1-3H3,(H,22,27)(H,23,26). The van der Waals surface area contributed by atoms with E-state index in [2.05, 4.69) is 27.5 Å². The average molecular weight is 421 g/mol. The molecule has 2 N–H and O–H groups in total. The molecule has 150 valence electrons. The Hall–Kier alpha value is -2.09. The van der Waals surface area contributed by atoms with Gasteiger partial charge in [0.1, 0.15) is 5.54 Å². The molecule has 1 aliphatic rings. The highest BCUT2D eigenvalue weighted by Gasteiger charge is 2.30. The first-order valence-electron chi connectivity index (χ1n) is 9.17. The van der Waals surface area contributed by atoms with Crippen molar-refractivity contribution in [1.82, 2.24) is 10.2 Å². The molecule has 0 atom stereocenters. The molecule has 0 aliphatic carbocycles. The number of piperazine rings is 1. The minimum absolute atomic E-state index is 0.282. The minimum atomic E-state index is -1.07. The summed E-state index contributed by atoms with van der Waals surface area (Å²) in [5.41, 5.74) is 0.779. The van der Waals surface area contributed by atoms with Crippen LogP contribution in [0.5, 0.6) is 0 Å². The quantitative estimate of drug-likeness (QED) is 0.778. The predicted molar refractivity (Wildman–Crippen MR) is 116 cm³/mol. The van der Waals surface area contributed by atoms with Crippen molar-refractivity contribution >= 4 is 46.1 Å². The summed E-state index contributed by atoms with van der Waals surface area (Å²) >= 11 is 7.06. The molecule has 2 aromatic rings. The molecule has 2 heterocycles. The Balaban J connectivity index is 1.59. The van der Waals surface area contributed by atoms with Gasteiger partial charge in [-0.1, -0.05) is 11.6 Å². The van der Waals surface area contributed by atoms with Crippen molar-refractivity contribution in [3.05, 3.63) is 45.6 Å². The van der Waals surface area contributed by atoms with E-state index in [0.29, 0.717) is 14.9 Å². The zero-order valence-corrected chi connectivity index (χ0v) is 17.9. The number of benzene rings is 1. The van der Waals surface area contributed by atoms with Gasteiger partial charge in [0, 0.05) is 37.6 Å². The number of hydrogen-bond acceptors (Lipinski definition) is 5. The van der Waals surface area contributed by atoms with E-state index in [1.54, 1.807) is 26.0 Å². The molecule has 0 unspecified atom stereocenters. The van der Waals surface area contributed by atoms with Crippen LogP contribution in [0.15, 0.2) is 36.4 Å². The Morgan fingerprint density at radius 2 is 1.68 bits per heavy atom. The van der Waals surface area contributed by atoms with Crippen molar-refractivity contribution in [1.29, 1.82) is 0 Å². The maximum Gasteiger partial charge on any atom is 0.262 e. The third kappa shape index (κ3) is 5.04. The van der Waals surface area contributed by atoms with E-state index in [0.717, 1.165) is 31.9 Å². The summed E-state index contributed by atoms with van der Waals surface area (Å²) < 4.78 is 0.535. The lowest BCUT2D eigenvalue weighted by Crippen LogP contribution is -2.52. The molecule has 1 aromatic heterocycles. The van der Waals surface area contributed by atoms with Gasteiger partial charge in [0.2, 0.25) is 5.91 Å². The van der Waals surface area contributed by atoms with Crippen LogP contribution in [0.25, 0.3) is 0 Å². The van der Waals surface area contributed by atoms with Crippen LogP contribution in [0, 0.1) is 0 Å². The fraction of sp³-hybridized carbons (Fsp3) is 0.400. The van der Waals surface area contributed by atoms with Crippen molar-refractivity contribution in [3.63, 3.8) is 0 Å².